The standard InChI is InChI=1S/C22H28N6O3/c23-22(24)26-12-4-8-18(27-20(30)17-7-3-11-25-17)21(31)28-19(29)16-10-9-14-5-1-2-6-15(14)13-16/h1-2,5-6,9-10,13,17-18,25H,3-4,7-8,11-12H2,(H,27,30)(H4,23,24,26)(H,28,29,31)/t17-,18-/m0/s1. The maximum Gasteiger partial charge on any atom is 0.257 e. The van der Waals surface area contributed by atoms with E-state index in [-0.39, 0.29) is 17.9 Å². The number of nitrogens with one attached hydrogen (secondary N) is 5. The first-order chi connectivity index (χ1) is 14.9. The van der Waals surface area contributed by atoms with E-state index in [2.05, 4.69) is 21.3 Å². The molecule has 0 aromatic heterocycles. The molecule has 0 spiro atoms. The lowest BCUT2D eigenvalue weighted by Crippen LogP contribution is -2.52. The summed E-state index contributed by atoms with van der Waals surface area (Å²) in [5.74, 6) is -1.50. The van der Waals surface area contributed by atoms with Crippen molar-refractivity contribution in [3.8, 4) is 0 Å². The lowest BCUT2D eigenvalue weighted by Gasteiger charge is -2.20. The number of nitrogens with two attached hydrogens (primary N) is 1. The minimum absolute atomic E-state index is 0.160. The van der Waals surface area contributed by atoms with Crippen molar-refractivity contribution in [2.24, 2.45) is 5.73 Å². The van der Waals surface area contributed by atoms with Gasteiger partial charge in [0.1, 0.15) is 6.04 Å². The fourth-order valence-corrected chi connectivity index (χ4v) is 3.58. The highest BCUT2D eigenvalue weighted by Crippen LogP contribution is 2.15. The van der Waals surface area contributed by atoms with Crippen molar-refractivity contribution in [3.63, 3.8) is 0 Å². The van der Waals surface area contributed by atoms with Crippen LogP contribution in [-0.2, 0) is 9.59 Å². The summed E-state index contributed by atoms with van der Waals surface area (Å²) < 4.78 is 0. The number of rotatable bonds is 8. The number of fused-ring (bicyclic) bond motifs is 1. The molecule has 1 saturated heterocycles. The van der Waals surface area contributed by atoms with E-state index in [1.165, 1.54) is 0 Å². The minimum Gasteiger partial charge on any atom is -0.370 e. The summed E-state index contributed by atoms with van der Waals surface area (Å²) in [6, 6.07) is 11.7. The molecule has 0 unspecified atom stereocenters. The third kappa shape index (κ3) is 6.26. The smallest absolute Gasteiger partial charge is 0.257 e. The molecular weight excluding hydrogens is 396 g/mol. The molecule has 7 N–H and O–H groups in total. The average Bonchev–Trinajstić information content (AvgIpc) is 3.30. The average molecular weight is 425 g/mol. The summed E-state index contributed by atoms with van der Waals surface area (Å²) in [6.45, 7) is 1.15. The number of amides is 3. The van der Waals surface area contributed by atoms with E-state index in [1.807, 2.05) is 30.3 Å². The Labute approximate surface area is 180 Å². The lowest BCUT2D eigenvalue weighted by atomic mass is 10.1. The van der Waals surface area contributed by atoms with Crippen molar-refractivity contribution in [1.82, 2.24) is 21.3 Å². The van der Waals surface area contributed by atoms with Crippen LogP contribution < -0.4 is 27.0 Å². The maximum atomic E-state index is 12.8. The number of carbonyl (C=O) groups excluding carboxylic acids is 3. The highest BCUT2D eigenvalue weighted by Gasteiger charge is 2.28. The topological polar surface area (TPSA) is 149 Å². The predicted octanol–water partition coefficient (Wildman–Crippen LogP) is 0.596. The SMILES string of the molecule is N=C(N)NCCC[C@H](NC(=O)[C@@H]1CCCN1)C(=O)NC(=O)c1ccc2ccccc2c1. The van der Waals surface area contributed by atoms with Gasteiger partial charge in [-0.3, -0.25) is 25.1 Å². The van der Waals surface area contributed by atoms with Gasteiger partial charge in [-0.15, -0.1) is 0 Å². The van der Waals surface area contributed by atoms with E-state index in [1.54, 1.807) is 12.1 Å². The van der Waals surface area contributed by atoms with Crippen LogP contribution in [0.15, 0.2) is 42.5 Å². The van der Waals surface area contributed by atoms with Gasteiger partial charge in [-0.2, -0.15) is 0 Å². The molecule has 9 heteroatoms. The first-order valence-corrected chi connectivity index (χ1v) is 10.4. The second-order valence-corrected chi connectivity index (χ2v) is 7.57. The third-order valence-electron chi connectivity index (χ3n) is 5.24. The molecule has 164 valence electrons. The summed E-state index contributed by atoms with van der Waals surface area (Å²) in [5.41, 5.74) is 5.64. The Hall–Kier alpha value is -3.46. The summed E-state index contributed by atoms with van der Waals surface area (Å²) in [7, 11) is 0. The van der Waals surface area contributed by atoms with Gasteiger partial charge in [0, 0.05) is 12.1 Å². The highest BCUT2D eigenvalue weighted by atomic mass is 16.2. The molecule has 1 aliphatic heterocycles. The number of carbonyl (C=O) groups is 3. The van der Waals surface area contributed by atoms with Crippen molar-refractivity contribution in [1.29, 1.82) is 5.41 Å². The molecule has 3 amide bonds. The number of hydrogen-bond acceptors (Lipinski definition) is 5. The molecule has 2 atom stereocenters. The Kier molecular flexibility index (Phi) is 7.55. The van der Waals surface area contributed by atoms with E-state index in [9.17, 15) is 14.4 Å². The highest BCUT2D eigenvalue weighted by molar-refractivity contribution is 6.08. The van der Waals surface area contributed by atoms with E-state index < -0.39 is 17.9 Å². The Morgan fingerprint density at radius 3 is 2.65 bits per heavy atom. The lowest BCUT2D eigenvalue weighted by molar-refractivity contribution is -0.129. The van der Waals surface area contributed by atoms with Gasteiger partial charge in [-0.25, -0.2) is 0 Å². The van der Waals surface area contributed by atoms with Crippen molar-refractivity contribution in [3.05, 3.63) is 48.0 Å². The zero-order chi connectivity index (χ0) is 22.2. The molecule has 0 radical (unpaired) electrons. The van der Waals surface area contributed by atoms with Gasteiger partial charge in [0.2, 0.25) is 11.8 Å². The van der Waals surface area contributed by atoms with E-state index in [0.717, 1.165) is 23.7 Å². The van der Waals surface area contributed by atoms with Crippen molar-refractivity contribution >= 4 is 34.5 Å². The molecule has 0 saturated carbocycles. The molecule has 1 heterocycles. The van der Waals surface area contributed by atoms with Crippen LogP contribution in [0.3, 0.4) is 0 Å². The van der Waals surface area contributed by atoms with Gasteiger partial charge >= 0.3 is 0 Å². The van der Waals surface area contributed by atoms with Gasteiger partial charge < -0.3 is 21.7 Å². The number of hydrogen-bond donors (Lipinski definition) is 6. The van der Waals surface area contributed by atoms with Crippen LogP contribution in [0.4, 0.5) is 0 Å². The van der Waals surface area contributed by atoms with Crippen LogP contribution in [0.2, 0.25) is 0 Å². The summed E-state index contributed by atoms with van der Waals surface area (Å²) in [6.07, 6.45) is 2.40. The van der Waals surface area contributed by atoms with Crippen LogP contribution in [0.5, 0.6) is 0 Å². The molecule has 31 heavy (non-hydrogen) atoms. The van der Waals surface area contributed by atoms with Crippen molar-refractivity contribution < 1.29 is 14.4 Å². The zero-order valence-corrected chi connectivity index (χ0v) is 17.2. The van der Waals surface area contributed by atoms with Crippen LogP contribution in [-0.4, -0.2) is 48.9 Å². The Morgan fingerprint density at radius 2 is 1.94 bits per heavy atom. The molecule has 9 nitrogen and oxygen atoms in total. The largest absolute Gasteiger partial charge is 0.370 e. The molecule has 1 aliphatic rings. The van der Waals surface area contributed by atoms with Crippen LogP contribution >= 0.6 is 0 Å². The summed E-state index contributed by atoms with van der Waals surface area (Å²) >= 11 is 0. The van der Waals surface area contributed by atoms with Crippen LogP contribution in [0.1, 0.15) is 36.0 Å². The van der Waals surface area contributed by atoms with Gasteiger partial charge in [-0.05, 0) is 55.1 Å². The molecule has 0 bridgehead atoms. The van der Waals surface area contributed by atoms with Crippen molar-refractivity contribution in [2.75, 3.05) is 13.1 Å². The van der Waals surface area contributed by atoms with E-state index in [4.69, 9.17) is 11.1 Å². The predicted molar refractivity (Wildman–Crippen MR) is 119 cm³/mol. The molecule has 3 rings (SSSR count). The first-order valence-electron chi connectivity index (χ1n) is 10.4. The minimum atomic E-state index is -0.868. The first kappa shape index (κ1) is 22.2. The third-order valence-corrected chi connectivity index (χ3v) is 5.24. The fourth-order valence-electron chi connectivity index (χ4n) is 3.58. The normalized spacial score (nSPS) is 16.5. The molecule has 2 aromatic rings. The Morgan fingerprint density at radius 1 is 1.16 bits per heavy atom. The number of benzene rings is 2. The van der Waals surface area contributed by atoms with Gasteiger partial charge in [0.15, 0.2) is 5.96 Å². The Balaban J connectivity index is 1.65. The number of imide groups is 1. The maximum absolute atomic E-state index is 12.8. The number of guanidine groups is 1. The summed E-state index contributed by atoms with van der Waals surface area (Å²) in [5, 5.41) is 20.0. The van der Waals surface area contributed by atoms with Crippen LogP contribution in [0, 0.1) is 5.41 Å². The zero-order valence-electron chi connectivity index (χ0n) is 17.2. The monoisotopic (exact) mass is 424 g/mol. The Bertz CT molecular complexity index is 971. The summed E-state index contributed by atoms with van der Waals surface area (Å²) in [4.78, 5) is 38.0. The van der Waals surface area contributed by atoms with Crippen molar-refractivity contribution in [2.45, 2.75) is 37.8 Å². The van der Waals surface area contributed by atoms with Gasteiger partial charge in [0.05, 0.1) is 6.04 Å². The second-order valence-electron chi connectivity index (χ2n) is 7.57. The van der Waals surface area contributed by atoms with Gasteiger partial charge in [-0.1, -0.05) is 30.3 Å². The van der Waals surface area contributed by atoms with Crippen LogP contribution in [0.25, 0.3) is 10.8 Å². The second kappa shape index (κ2) is 10.5. The molecule has 0 aliphatic carbocycles. The van der Waals surface area contributed by atoms with Gasteiger partial charge in [0.25, 0.3) is 5.91 Å². The molecule has 2 aromatic carbocycles. The van der Waals surface area contributed by atoms with E-state index in [0.29, 0.717) is 31.4 Å². The fraction of sp³-hybridized carbons (Fsp3) is 0.364. The van der Waals surface area contributed by atoms with E-state index >= 15 is 0 Å². The molecular formula is C22H28N6O3. The molecule has 1 fully saturated rings. The quantitative estimate of drug-likeness (QED) is 0.208.